The van der Waals surface area contributed by atoms with Crippen LogP contribution < -0.4 is 5.32 Å². The van der Waals surface area contributed by atoms with Crippen molar-refractivity contribution in [3.63, 3.8) is 0 Å². The van der Waals surface area contributed by atoms with Crippen LogP contribution in [-0.2, 0) is 4.79 Å². The third-order valence-electron chi connectivity index (χ3n) is 1.45. The van der Waals surface area contributed by atoms with E-state index >= 15 is 0 Å². The van der Waals surface area contributed by atoms with Crippen LogP contribution in [0.25, 0.3) is 0 Å². The van der Waals surface area contributed by atoms with E-state index in [0.29, 0.717) is 5.69 Å². The zero-order valence-corrected chi connectivity index (χ0v) is 10.1. The molecule has 0 saturated heterocycles. The van der Waals surface area contributed by atoms with E-state index in [4.69, 9.17) is 5.11 Å². The van der Waals surface area contributed by atoms with Crippen molar-refractivity contribution in [3.05, 3.63) is 29.8 Å². The van der Waals surface area contributed by atoms with Gasteiger partial charge in [0.05, 0.1) is 5.56 Å². The van der Waals surface area contributed by atoms with Gasteiger partial charge in [-0.3, -0.25) is 4.79 Å². The van der Waals surface area contributed by atoms with Crippen molar-refractivity contribution in [2.75, 3.05) is 5.32 Å². The molecule has 1 radical (unpaired) electrons. The number of anilines is 1. The standard InChI is InChI=1S/C9H9NO3.Na/c1-6(11)10-8-4-2-7(3-5-8)9(12)13;/h2-5H,1H3,(H,10,11)(H,12,13);. The summed E-state index contributed by atoms with van der Waals surface area (Å²) < 4.78 is 0. The molecule has 0 aromatic heterocycles. The second-order valence-electron chi connectivity index (χ2n) is 2.56. The number of carboxylic acids is 1. The van der Waals surface area contributed by atoms with E-state index in [1.165, 1.54) is 19.1 Å². The molecule has 0 atom stereocenters. The molecule has 69 valence electrons. The fraction of sp³-hybridized carbons (Fsp3) is 0.111. The van der Waals surface area contributed by atoms with Crippen molar-refractivity contribution in [2.24, 2.45) is 0 Å². The van der Waals surface area contributed by atoms with Crippen LogP contribution in [0.5, 0.6) is 0 Å². The van der Waals surface area contributed by atoms with Crippen molar-refractivity contribution in [2.45, 2.75) is 6.92 Å². The van der Waals surface area contributed by atoms with E-state index in [1.807, 2.05) is 0 Å². The van der Waals surface area contributed by atoms with Gasteiger partial charge >= 0.3 is 5.97 Å². The van der Waals surface area contributed by atoms with Crippen LogP contribution in [0.3, 0.4) is 0 Å². The Morgan fingerprint density at radius 3 is 2.07 bits per heavy atom. The average molecular weight is 202 g/mol. The molecule has 4 nitrogen and oxygen atoms in total. The van der Waals surface area contributed by atoms with Crippen LogP contribution in [0.15, 0.2) is 24.3 Å². The molecule has 0 spiro atoms. The molecular formula is C9H9NNaO3. The van der Waals surface area contributed by atoms with Crippen LogP contribution in [0.4, 0.5) is 5.69 Å². The normalized spacial score (nSPS) is 8.64. The predicted molar refractivity (Wildman–Crippen MR) is 53.5 cm³/mol. The maximum absolute atomic E-state index is 10.6. The van der Waals surface area contributed by atoms with Gasteiger partial charge in [0, 0.05) is 42.2 Å². The first-order chi connectivity index (χ1) is 6.09. The summed E-state index contributed by atoms with van der Waals surface area (Å²) in [6, 6.07) is 5.97. The number of rotatable bonds is 2. The van der Waals surface area contributed by atoms with Gasteiger partial charge in [0.1, 0.15) is 0 Å². The zero-order chi connectivity index (χ0) is 9.84. The fourth-order valence-electron chi connectivity index (χ4n) is 0.899. The summed E-state index contributed by atoms with van der Waals surface area (Å²) >= 11 is 0. The van der Waals surface area contributed by atoms with Crippen molar-refractivity contribution in [1.29, 1.82) is 0 Å². The molecule has 0 bridgehead atoms. The van der Waals surface area contributed by atoms with Crippen molar-refractivity contribution in [3.8, 4) is 0 Å². The molecule has 0 heterocycles. The molecule has 0 aliphatic heterocycles. The van der Waals surface area contributed by atoms with Gasteiger partial charge < -0.3 is 10.4 Å². The Morgan fingerprint density at radius 1 is 1.21 bits per heavy atom. The van der Waals surface area contributed by atoms with Gasteiger partial charge in [0.2, 0.25) is 5.91 Å². The van der Waals surface area contributed by atoms with E-state index < -0.39 is 5.97 Å². The molecule has 14 heavy (non-hydrogen) atoms. The second-order valence-corrected chi connectivity index (χ2v) is 2.56. The van der Waals surface area contributed by atoms with E-state index in [-0.39, 0.29) is 41.0 Å². The summed E-state index contributed by atoms with van der Waals surface area (Å²) in [5.74, 6) is -1.16. The van der Waals surface area contributed by atoms with E-state index in [2.05, 4.69) is 5.32 Å². The Hall–Kier alpha value is -0.840. The van der Waals surface area contributed by atoms with Gasteiger partial charge in [-0.25, -0.2) is 4.79 Å². The summed E-state index contributed by atoms with van der Waals surface area (Å²) in [5.41, 5.74) is 0.798. The monoisotopic (exact) mass is 202 g/mol. The fourth-order valence-corrected chi connectivity index (χ4v) is 0.899. The number of benzene rings is 1. The first-order valence-electron chi connectivity index (χ1n) is 3.70. The quantitative estimate of drug-likeness (QED) is 0.702. The van der Waals surface area contributed by atoms with Crippen LogP contribution in [0.2, 0.25) is 0 Å². The Kier molecular flexibility index (Phi) is 5.45. The van der Waals surface area contributed by atoms with Gasteiger partial charge in [0.25, 0.3) is 0 Å². The average Bonchev–Trinajstić information content (AvgIpc) is 2.04. The number of hydrogen-bond acceptors (Lipinski definition) is 2. The molecule has 1 rings (SSSR count). The summed E-state index contributed by atoms with van der Waals surface area (Å²) in [6.07, 6.45) is 0. The van der Waals surface area contributed by atoms with Crippen LogP contribution >= 0.6 is 0 Å². The topological polar surface area (TPSA) is 66.4 Å². The molecule has 1 amide bonds. The molecular weight excluding hydrogens is 193 g/mol. The van der Waals surface area contributed by atoms with Crippen LogP contribution in [0, 0.1) is 0 Å². The van der Waals surface area contributed by atoms with Gasteiger partial charge in [-0.15, -0.1) is 0 Å². The number of aromatic carboxylic acids is 1. The SMILES string of the molecule is CC(=O)Nc1ccc(C(=O)O)cc1.[Na]. The smallest absolute Gasteiger partial charge is 0.335 e. The third kappa shape index (κ3) is 3.91. The minimum absolute atomic E-state index is 0. The summed E-state index contributed by atoms with van der Waals surface area (Å²) in [7, 11) is 0. The Bertz CT molecular complexity index is 334. The largest absolute Gasteiger partial charge is 0.478 e. The number of amides is 1. The maximum atomic E-state index is 10.6. The summed E-state index contributed by atoms with van der Waals surface area (Å²) in [5, 5.41) is 11.1. The minimum atomic E-state index is -0.977. The molecule has 0 fully saturated rings. The summed E-state index contributed by atoms with van der Waals surface area (Å²) in [6.45, 7) is 1.39. The maximum Gasteiger partial charge on any atom is 0.335 e. The minimum Gasteiger partial charge on any atom is -0.478 e. The van der Waals surface area contributed by atoms with Gasteiger partial charge in [0.15, 0.2) is 0 Å². The number of carbonyl (C=O) groups is 2. The first-order valence-corrected chi connectivity index (χ1v) is 3.70. The van der Waals surface area contributed by atoms with Gasteiger partial charge in [-0.05, 0) is 24.3 Å². The van der Waals surface area contributed by atoms with E-state index in [9.17, 15) is 9.59 Å². The Labute approximate surface area is 104 Å². The number of nitrogens with one attached hydrogen (secondary N) is 1. The second kappa shape index (κ2) is 5.80. The number of carbonyl (C=O) groups excluding carboxylic acids is 1. The molecule has 2 N–H and O–H groups in total. The molecule has 0 unspecified atom stereocenters. The Morgan fingerprint density at radius 2 is 1.71 bits per heavy atom. The Balaban J connectivity index is 0.00000169. The molecule has 1 aromatic rings. The molecule has 1 aromatic carbocycles. The van der Waals surface area contributed by atoms with Gasteiger partial charge in [-0.1, -0.05) is 0 Å². The van der Waals surface area contributed by atoms with Crippen molar-refractivity contribution in [1.82, 2.24) is 0 Å². The zero-order valence-electron chi connectivity index (χ0n) is 8.07. The third-order valence-corrected chi connectivity index (χ3v) is 1.45. The van der Waals surface area contributed by atoms with Crippen molar-refractivity contribution >= 4 is 47.1 Å². The molecule has 0 aliphatic rings. The number of carboxylic acid groups (broad SMARTS) is 1. The number of hydrogen-bond donors (Lipinski definition) is 2. The van der Waals surface area contributed by atoms with E-state index in [0.717, 1.165) is 0 Å². The molecule has 0 aliphatic carbocycles. The van der Waals surface area contributed by atoms with Crippen LogP contribution in [-0.4, -0.2) is 46.5 Å². The predicted octanol–water partition coefficient (Wildman–Crippen LogP) is 0.962. The molecule has 0 saturated carbocycles. The van der Waals surface area contributed by atoms with Crippen LogP contribution in [0.1, 0.15) is 17.3 Å². The van der Waals surface area contributed by atoms with E-state index in [1.54, 1.807) is 12.1 Å². The summed E-state index contributed by atoms with van der Waals surface area (Å²) in [4.78, 5) is 21.1. The van der Waals surface area contributed by atoms with Crippen molar-refractivity contribution < 1.29 is 14.7 Å². The van der Waals surface area contributed by atoms with Gasteiger partial charge in [-0.2, -0.15) is 0 Å². The first kappa shape index (κ1) is 13.2. The molecule has 5 heteroatoms.